The van der Waals surface area contributed by atoms with Crippen LogP contribution in [0, 0.1) is 13.8 Å². The van der Waals surface area contributed by atoms with E-state index in [1.54, 1.807) is 12.1 Å². The minimum absolute atomic E-state index is 0.0167. The van der Waals surface area contributed by atoms with Gasteiger partial charge in [0.2, 0.25) is 5.91 Å². The molecule has 0 radical (unpaired) electrons. The molecule has 0 saturated carbocycles. The van der Waals surface area contributed by atoms with Gasteiger partial charge in [0.15, 0.2) is 0 Å². The molecule has 2 rings (SSSR count). The van der Waals surface area contributed by atoms with E-state index >= 15 is 0 Å². The summed E-state index contributed by atoms with van der Waals surface area (Å²) >= 11 is 0. The normalized spacial score (nSPS) is 14.2. The Morgan fingerprint density at radius 3 is 2.28 bits per heavy atom. The van der Waals surface area contributed by atoms with E-state index in [1.807, 2.05) is 39.0 Å². The number of phenolic OH excluding ortho intramolecular Hbond substituents is 1. The van der Waals surface area contributed by atoms with Gasteiger partial charge in [0.25, 0.3) is 0 Å². The Morgan fingerprint density at radius 1 is 1.03 bits per heavy atom. The Hall–Kier alpha value is -2.41. The molecular weight excluding hydrogens is 364 g/mol. The number of carbonyl (C=O) groups is 1. The van der Waals surface area contributed by atoms with E-state index < -0.39 is 6.04 Å². The molecule has 0 unspecified atom stereocenters. The molecule has 0 aromatic heterocycles. The van der Waals surface area contributed by atoms with Crippen LogP contribution in [0.15, 0.2) is 42.5 Å². The summed E-state index contributed by atoms with van der Waals surface area (Å²) in [6, 6.07) is 12.9. The zero-order chi connectivity index (χ0) is 21.4. The van der Waals surface area contributed by atoms with E-state index in [-0.39, 0.29) is 23.7 Å². The molecule has 29 heavy (non-hydrogen) atoms. The Bertz CT molecular complexity index is 772. The van der Waals surface area contributed by atoms with Gasteiger partial charge in [-0.2, -0.15) is 0 Å². The van der Waals surface area contributed by atoms with Crippen LogP contribution in [-0.2, 0) is 17.6 Å². The molecule has 1 amide bonds. The summed E-state index contributed by atoms with van der Waals surface area (Å²) in [5, 5.41) is 15.9. The number of phenols is 1. The zero-order valence-corrected chi connectivity index (χ0v) is 17.6. The third-order valence-corrected chi connectivity index (χ3v) is 5.03. The van der Waals surface area contributed by atoms with Crippen LogP contribution < -0.4 is 22.1 Å². The van der Waals surface area contributed by atoms with E-state index in [1.165, 1.54) is 5.56 Å². The molecular formula is C23H34N4O2. The number of nitrogens with one attached hydrogen (secondary N) is 2. The smallest absolute Gasteiger partial charge is 0.237 e. The van der Waals surface area contributed by atoms with Crippen LogP contribution >= 0.6 is 0 Å². The maximum Gasteiger partial charge on any atom is 0.237 e. The average molecular weight is 399 g/mol. The number of amides is 1. The number of aromatic hydroxyl groups is 1. The van der Waals surface area contributed by atoms with Crippen LogP contribution in [0.1, 0.15) is 29.2 Å². The second kappa shape index (κ2) is 11.0. The SMILES string of the molecule is Cc1cc(O)cc(C)c1C[C@H](N)C(=O)N[C@H](C)CNC[C@H](N)Cc1ccccc1. The lowest BCUT2D eigenvalue weighted by atomic mass is 9.96. The number of rotatable bonds is 10. The molecule has 0 spiro atoms. The molecule has 0 fully saturated rings. The molecule has 2 aromatic rings. The van der Waals surface area contributed by atoms with Gasteiger partial charge in [-0.1, -0.05) is 30.3 Å². The summed E-state index contributed by atoms with van der Waals surface area (Å²) in [6.45, 7) is 7.07. The molecule has 2 aromatic carbocycles. The van der Waals surface area contributed by atoms with Crippen LogP contribution in [-0.4, -0.2) is 42.2 Å². The van der Waals surface area contributed by atoms with Crippen molar-refractivity contribution in [2.75, 3.05) is 13.1 Å². The summed E-state index contributed by atoms with van der Waals surface area (Å²) in [5.74, 6) is 0.0479. The molecule has 3 atom stereocenters. The first kappa shape index (κ1) is 22.9. The first-order valence-corrected chi connectivity index (χ1v) is 10.1. The standard InChI is InChI=1S/C23H34N4O2/c1-15-9-20(28)10-16(2)21(15)12-22(25)23(29)27-17(3)13-26-14-19(24)11-18-7-5-4-6-8-18/h4-10,17,19,22,26,28H,11-14,24-25H2,1-3H3,(H,27,29)/t17-,19-,22+/m1/s1. The van der Waals surface area contributed by atoms with Gasteiger partial charge in [-0.25, -0.2) is 0 Å². The number of nitrogens with two attached hydrogens (primary N) is 2. The quantitative estimate of drug-likeness (QED) is 0.417. The third kappa shape index (κ3) is 7.49. The van der Waals surface area contributed by atoms with Crippen molar-refractivity contribution in [3.8, 4) is 5.75 Å². The number of aryl methyl sites for hydroxylation is 2. The van der Waals surface area contributed by atoms with Gasteiger partial charge < -0.3 is 27.2 Å². The Labute approximate surface area is 173 Å². The minimum Gasteiger partial charge on any atom is -0.508 e. The Balaban J connectivity index is 1.74. The summed E-state index contributed by atoms with van der Waals surface area (Å²) in [6.07, 6.45) is 1.25. The number of hydrogen-bond acceptors (Lipinski definition) is 5. The van der Waals surface area contributed by atoms with Crippen molar-refractivity contribution in [1.29, 1.82) is 0 Å². The van der Waals surface area contributed by atoms with Crippen molar-refractivity contribution in [3.63, 3.8) is 0 Å². The lowest BCUT2D eigenvalue weighted by Crippen LogP contribution is -2.49. The van der Waals surface area contributed by atoms with Crippen LogP contribution in [0.2, 0.25) is 0 Å². The average Bonchev–Trinajstić information content (AvgIpc) is 2.65. The van der Waals surface area contributed by atoms with Gasteiger partial charge in [-0.05, 0) is 68.0 Å². The molecule has 0 heterocycles. The first-order valence-electron chi connectivity index (χ1n) is 10.1. The highest BCUT2D eigenvalue weighted by Gasteiger charge is 2.18. The fourth-order valence-corrected chi connectivity index (χ4v) is 3.48. The molecule has 0 aliphatic rings. The predicted octanol–water partition coefficient (Wildman–Crippen LogP) is 1.54. The van der Waals surface area contributed by atoms with Crippen molar-refractivity contribution in [2.45, 2.75) is 51.7 Å². The fraction of sp³-hybridized carbons (Fsp3) is 0.435. The lowest BCUT2D eigenvalue weighted by Gasteiger charge is -2.20. The lowest BCUT2D eigenvalue weighted by molar-refractivity contribution is -0.122. The van der Waals surface area contributed by atoms with Gasteiger partial charge >= 0.3 is 0 Å². The van der Waals surface area contributed by atoms with E-state index in [9.17, 15) is 9.90 Å². The molecule has 0 aliphatic carbocycles. The van der Waals surface area contributed by atoms with Gasteiger partial charge in [0, 0.05) is 25.2 Å². The van der Waals surface area contributed by atoms with E-state index in [2.05, 4.69) is 22.8 Å². The Morgan fingerprint density at radius 2 is 1.66 bits per heavy atom. The van der Waals surface area contributed by atoms with Crippen LogP contribution in [0.4, 0.5) is 0 Å². The second-order valence-electron chi connectivity index (χ2n) is 7.89. The minimum atomic E-state index is -0.639. The van der Waals surface area contributed by atoms with Crippen LogP contribution in [0.3, 0.4) is 0 Å². The van der Waals surface area contributed by atoms with Gasteiger partial charge in [-0.15, -0.1) is 0 Å². The molecule has 0 saturated heterocycles. The number of carbonyl (C=O) groups excluding carboxylic acids is 1. The van der Waals surface area contributed by atoms with E-state index in [0.717, 1.165) is 23.1 Å². The van der Waals surface area contributed by atoms with Gasteiger partial charge in [-0.3, -0.25) is 4.79 Å². The predicted molar refractivity (Wildman–Crippen MR) is 118 cm³/mol. The van der Waals surface area contributed by atoms with E-state index in [4.69, 9.17) is 11.5 Å². The first-order chi connectivity index (χ1) is 13.8. The van der Waals surface area contributed by atoms with Gasteiger partial charge in [0.05, 0.1) is 6.04 Å². The Kier molecular flexibility index (Phi) is 8.64. The van der Waals surface area contributed by atoms with E-state index in [0.29, 0.717) is 19.5 Å². The van der Waals surface area contributed by atoms with Crippen LogP contribution in [0.25, 0.3) is 0 Å². The highest BCUT2D eigenvalue weighted by molar-refractivity contribution is 5.82. The maximum absolute atomic E-state index is 12.4. The highest BCUT2D eigenvalue weighted by atomic mass is 16.3. The van der Waals surface area contributed by atoms with Crippen LogP contribution in [0.5, 0.6) is 5.75 Å². The largest absolute Gasteiger partial charge is 0.508 e. The monoisotopic (exact) mass is 398 g/mol. The van der Waals surface area contributed by atoms with Crippen molar-refractivity contribution >= 4 is 5.91 Å². The molecule has 6 nitrogen and oxygen atoms in total. The van der Waals surface area contributed by atoms with Crippen molar-refractivity contribution in [3.05, 3.63) is 64.7 Å². The summed E-state index contributed by atoms with van der Waals surface area (Å²) in [5.41, 5.74) is 16.4. The number of benzene rings is 2. The molecule has 6 heteroatoms. The van der Waals surface area contributed by atoms with Crippen molar-refractivity contribution in [2.24, 2.45) is 11.5 Å². The topological polar surface area (TPSA) is 113 Å². The summed E-state index contributed by atoms with van der Waals surface area (Å²) in [4.78, 5) is 12.4. The molecule has 7 N–H and O–H groups in total. The summed E-state index contributed by atoms with van der Waals surface area (Å²) < 4.78 is 0. The zero-order valence-electron chi connectivity index (χ0n) is 17.6. The van der Waals surface area contributed by atoms with Crippen molar-refractivity contribution < 1.29 is 9.90 Å². The molecule has 158 valence electrons. The van der Waals surface area contributed by atoms with Crippen molar-refractivity contribution in [1.82, 2.24) is 10.6 Å². The fourth-order valence-electron chi connectivity index (χ4n) is 3.48. The second-order valence-corrected chi connectivity index (χ2v) is 7.89. The summed E-state index contributed by atoms with van der Waals surface area (Å²) in [7, 11) is 0. The molecule has 0 aliphatic heterocycles. The molecule has 0 bridgehead atoms. The maximum atomic E-state index is 12.4. The number of hydrogen-bond donors (Lipinski definition) is 5. The van der Waals surface area contributed by atoms with Gasteiger partial charge in [0.1, 0.15) is 5.75 Å². The highest BCUT2D eigenvalue weighted by Crippen LogP contribution is 2.21. The third-order valence-electron chi connectivity index (χ3n) is 5.03.